The van der Waals surface area contributed by atoms with Gasteiger partial charge in [-0.3, -0.25) is 9.89 Å². The molecule has 1 fully saturated rings. The smallest absolute Gasteiger partial charge is 0.190 e. The van der Waals surface area contributed by atoms with Crippen molar-refractivity contribution in [2.45, 2.75) is 32.2 Å². The molecule has 2 unspecified atom stereocenters. The van der Waals surface area contributed by atoms with E-state index in [0.717, 1.165) is 37.0 Å². The summed E-state index contributed by atoms with van der Waals surface area (Å²) in [5, 5.41) is 7.64. The molecule has 1 heterocycles. The predicted octanol–water partition coefficient (Wildman–Crippen LogP) is 3.92. The van der Waals surface area contributed by atoms with Crippen molar-refractivity contribution in [1.29, 1.82) is 0 Å². The molecule has 0 radical (unpaired) electrons. The summed E-state index contributed by atoms with van der Waals surface area (Å²) in [7, 11) is 4.04. The van der Waals surface area contributed by atoms with Crippen LogP contribution in [0.1, 0.15) is 37.8 Å². The molecule has 0 amide bonds. The average molecular weight is 465 g/mol. The molecule has 1 aromatic carbocycles. The maximum atomic E-state index is 6.20. The van der Waals surface area contributed by atoms with Crippen LogP contribution < -0.4 is 10.6 Å². The Labute approximate surface area is 168 Å². The molecule has 2 rings (SSSR count). The molecule has 2 N–H and O–H groups in total. The molecule has 0 spiro atoms. The first-order chi connectivity index (χ1) is 11.2. The van der Waals surface area contributed by atoms with Crippen LogP contribution >= 0.6 is 35.6 Å². The monoisotopic (exact) mass is 464 g/mol. The van der Waals surface area contributed by atoms with E-state index in [4.69, 9.17) is 11.6 Å². The standard InChI is InChI=1S/C18H29ClN4.HI/c1-4-10-21-18(20-2)22-13-15-8-6-11-23(3)17(15)14-7-5-9-16(19)12-14;/h5,7,9,12,15,17H,4,6,8,10-11,13H2,1-3H3,(H2,20,21,22);1H. The fourth-order valence-electron chi connectivity index (χ4n) is 3.38. The lowest BCUT2D eigenvalue weighted by Gasteiger charge is -2.40. The maximum absolute atomic E-state index is 6.20. The number of nitrogens with zero attached hydrogens (tertiary/aromatic N) is 2. The van der Waals surface area contributed by atoms with Gasteiger partial charge in [0.1, 0.15) is 0 Å². The van der Waals surface area contributed by atoms with Gasteiger partial charge >= 0.3 is 0 Å². The second kappa shape index (κ2) is 11.2. The third kappa shape index (κ3) is 6.08. The van der Waals surface area contributed by atoms with Gasteiger partial charge < -0.3 is 10.6 Å². The van der Waals surface area contributed by atoms with Crippen LogP contribution in [0.2, 0.25) is 5.02 Å². The van der Waals surface area contributed by atoms with Gasteiger partial charge in [-0.2, -0.15) is 0 Å². The average Bonchev–Trinajstić information content (AvgIpc) is 2.55. The van der Waals surface area contributed by atoms with Gasteiger partial charge in [0.2, 0.25) is 0 Å². The highest BCUT2D eigenvalue weighted by Crippen LogP contribution is 2.35. The summed E-state index contributed by atoms with van der Waals surface area (Å²) in [6.45, 7) is 5.16. The van der Waals surface area contributed by atoms with Crippen LogP contribution in [-0.4, -0.2) is 44.6 Å². The summed E-state index contributed by atoms with van der Waals surface area (Å²) in [5.74, 6) is 1.44. The Bertz CT molecular complexity index is 523. The Kier molecular flexibility index (Phi) is 10.0. The van der Waals surface area contributed by atoms with Gasteiger partial charge in [0, 0.05) is 31.2 Å². The Morgan fingerprint density at radius 3 is 2.83 bits per heavy atom. The molecule has 0 aliphatic carbocycles. The van der Waals surface area contributed by atoms with Gasteiger partial charge in [-0.25, -0.2) is 0 Å². The van der Waals surface area contributed by atoms with Gasteiger partial charge in [-0.15, -0.1) is 24.0 Å². The number of piperidine rings is 1. The van der Waals surface area contributed by atoms with Crippen LogP contribution in [0.3, 0.4) is 0 Å². The summed E-state index contributed by atoms with van der Waals surface area (Å²) in [6.07, 6.45) is 3.55. The van der Waals surface area contributed by atoms with Crippen molar-refractivity contribution in [2.24, 2.45) is 10.9 Å². The van der Waals surface area contributed by atoms with Gasteiger partial charge in [0.05, 0.1) is 0 Å². The Morgan fingerprint density at radius 2 is 2.17 bits per heavy atom. The summed E-state index contributed by atoms with van der Waals surface area (Å²) in [4.78, 5) is 6.75. The van der Waals surface area contributed by atoms with Crippen LogP contribution in [0, 0.1) is 5.92 Å². The lowest BCUT2D eigenvalue weighted by atomic mass is 9.85. The van der Waals surface area contributed by atoms with E-state index in [1.54, 1.807) is 0 Å². The zero-order valence-corrected chi connectivity index (χ0v) is 18.0. The van der Waals surface area contributed by atoms with E-state index < -0.39 is 0 Å². The SMILES string of the molecule is CCCNC(=NC)NCC1CCCN(C)C1c1cccc(Cl)c1.I. The van der Waals surface area contributed by atoms with Crippen LogP contribution in [0.5, 0.6) is 0 Å². The van der Waals surface area contributed by atoms with E-state index in [0.29, 0.717) is 12.0 Å². The van der Waals surface area contributed by atoms with E-state index in [1.165, 1.54) is 18.4 Å². The predicted molar refractivity (Wildman–Crippen MR) is 115 cm³/mol. The maximum Gasteiger partial charge on any atom is 0.190 e. The van der Waals surface area contributed by atoms with Crippen molar-refractivity contribution in [3.8, 4) is 0 Å². The van der Waals surface area contributed by atoms with E-state index in [-0.39, 0.29) is 24.0 Å². The van der Waals surface area contributed by atoms with Gasteiger partial charge in [0.25, 0.3) is 0 Å². The Morgan fingerprint density at radius 1 is 1.38 bits per heavy atom. The zero-order valence-electron chi connectivity index (χ0n) is 14.9. The summed E-state index contributed by atoms with van der Waals surface area (Å²) >= 11 is 6.20. The quantitative estimate of drug-likeness (QED) is 0.394. The third-order valence-corrected chi connectivity index (χ3v) is 4.73. The Hall–Kier alpha value is -0.530. The van der Waals surface area contributed by atoms with Crippen molar-refractivity contribution < 1.29 is 0 Å². The molecular weight excluding hydrogens is 435 g/mol. The number of halogens is 2. The van der Waals surface area contributed by atoms with Crippen LogP contribution in [-0.2, 0) is 0 Å². The topological polar surface area (TPSA) is 39.7 Å². The molecule has 6 heteroatoms. The molecular formula is C18H30ClIN4. The largest absolute Gasteiger partial charge is 0.356 e. The highest BCUT2D eigenvalue weighted by Gasteiger charge is 2.30. The fraction of sp³-hybridized carbons (Fsp3) is 0.611. The molecule has 4 nitrogen and oxygen atoms in total. The minimum atomic E-state index is 0. The summed E-state index contributed by atoms with van der Waals surface area (Å²) < 4.78 is 0. The second-order valence-electron chi connectivity index (χ2n) is 6.26. The number of rotatable bonds is 5. The lowest BCUT2D eigenvalue weighted by molar-refractivity contribution is 0.122. The molecule has 0 aromatic heterocycles. The molecule has 2 atom stereocenters. The Balaban J connectivity index is 0.00000288. The number of benzene rings is 1. The van der Waals surface area contributed by atoms with Crippen molar-refractivity contribution in [3.63, 3.8) is 0 Å². The number of likely N-dealkylation sites (tertiary alicyclic amines) is 1. The van der Waals surface area contributed by atoms with E-state index in [1.807, 2.05) is 19.2 Å². The molecule has 1 aliphatic heterocycles. The van der Waals surface area contributed by atoms with Crippen molar-refractivity contribution in [3.05, 3.63) is 34.9 Å². The highest BCUT2D eigenvalue weighted by atomic mass is 127. The van der Waals surface area contributed by atoms with E-state index >= 15 is 0 Å². The van der Waals surface area contributed by atoms with Crippen LogP contribution in [0.25, 0.3) is 0 Å². The molecule has 0 bridgehead atoms. The number of nitrogens with one attached hydrogen (secondary N) is 2. The first kappa shape index (κ1) is 21.5. The number of guanidine groups is 1. The first-order valence-electron chi connectivity index (χ1n) is 8.56. The zero-order chi connectivity index (χ0) is 16.7. The number of hydrogen-bond donors (Lipinski definition) is 2. The molecule has 24 heavy (non-hydrogen) atoms. The van der Waals surface area contributed by atoms with E-state index in [2.05, 4.69) is 46.6 Å². The molecule has 136 valence electrons. The fourth-order valence-corrected chi connectivity index (χ4v) is 3.58. The number of hydrogen-bond acceptors (Lipinski definition) is 2. The van der Waals surface area contributed by atoms with Crippen LogP contribution in [0.15, 0.2) is 29.3 Å². The minimum absolute atomic E-state index is 0. The van der Waals surface area contributed by atoms with Crippen molar-refractivity contribution in [2.75, 3.05) is 33.7 Å². The highest BCUT2D eigenvalue weighted by molar-refractivity contribution is 14.0. The third-order valence-electron chi connectivity index (χ3n) is 4.50. The van der Waals surface area contributed by atoms with Gasteiger partial charge in [-0.1, -0.05) is 30.7 Å². The summed E-state index contributed by atoms with van der Waals surface area (Å²) in [6, 6.07) is 8.68. The lowest BCUT2D eigenvalue weighted by Crippen LogP contribution is -2.45. The first-order valence-corrected chi connectivity index (χ1v) is 8.93. The molecule has 0 saturated carbocycles. The molecule has 1 aromatic rings. The van der Waals surface area contributed by atoms with Crippen molar-refractivity contribution >= 4 is 41.5 Å². The van der Waals surface area contributed by atoms with Crippen molar-refractivity contribution in [1.82, 2.24) is 15.5 Å². The number of aliphatic imine (C=N–C) groups is 1. The molecule has 1 aliphatic rings. The summed E-state index contributed by atoms with van der Waals surface area (Å²) in [5.41, 5.74) is 1.31. The van der Waals surface area contributed by atoms with E-state index in [9.17, 15) is 0 Å². The molecule has 1 saturated heterocycles. The normalized spacial score (nSPS) is 21.9. The second-order valence-corrected chi connectivity index (χ2v) is 6.70. The minimum Gasteiger partial charge on any atom is -0.356 e. The van der Waals surface area contributed by atoms with Crippen LogP contribution in [0.4, 0.5) is 0 Å². The van der Waals surface area contributed by atoms with Gasteiger partial charge in [0.15, 0.2) is 5.96 Å². The van der Waals surface area contributed by atoms with Gasteiger partial charge in [-0.05, 0) is 56.5 Å².